The average molecular weight is 587 g/mol. The Morgan fingerprint density at radius 1 is 1.02 bits per heavy atom. The van der Waals surface area contributed by atoms with E-state index in [4.69, 9.17) is 10.5 Å². The monoisotopic (exact) mass is 586 g/mol. The van der Waals surface area contributed by atoms with Crippen LogP contribution in [0.2, 0.25) is 0 Å². The third kappa shape index (κ3) is 6.22. The molecule has 4 fully saturated rings. The van der Waals surface area contributed by atoms with E-state index in [1.807, 2.05) is 0 Å². The fourth-order valence-electron chi connectivity index (χ4n) is 9.84. The molecule has 0 radical (unpaired) electrons. The summed E-state index contributed by atoms with van der Waals surface area (Å²) in [6.45, 7) is 7.34. The second-order valence-electron chi connectivity index (χ2n) is 14.0. The molecule has 0 heterocycles. The molecule has 0 saturated heterocycles. The van der Waals surface area contributed by atoms with Crippen LogP contribution in [0.1, 0.15) is 97.8 Å². The molecule has 232 valence electrons. The van der Waals surface area contributed by atoms with Crippen molar-refractivity contribution in [2.45, 2.75) is 122 Å². The summed E-state index contributed by atoms with van der Waals surface area (Å²) in [5, 5.41) is 36.4. The van der Waals surface area contributed by atoms with Gasteiger partial charge in [-0.15, -0.1) is 12.4 Å². The van der Waals surface area contributed by atoms with Crippen LogP contribution in [0, 0.1) is 46.3 Å². The Bertz CT molecular complexity index is 877. The lowest BCUT2D eigenvalue weighted by Crippen LogP contribution is -2.62. The first-order valence-electron chi connectivity index (χ1n) is 15.6. The molecule has 0 bridgehead atoms. The number of esters is 1. The highest BCUT2D eigenvalue weighted by Crippen LogP contribution is 2.68. The van der Waals surface area contributed by atoms with Gasteiger partial charge in [-0.1, -0.05) is 20.8 Å². The second-order valence-corrected chi connectivity index (χ2v) is 14.0. The smallest absolute Gasteiger partial charge is 0.328 e. The first kappa shape index (κ1) is 33.6. The maximum atomic E-state index is 12.8. The molecule has 6 N–H and O–H groups in total. The molecule has 0 unspecified atom stereocenters. The zero-order valence-electron chi connectivity index (χ0n) is 25.0. The first-order chi connectivity index (χ1) is 18.5. The number of halogens is 1. The van der Waals surface area contributed by atoms with Crippen molar-refractivity contribution in [3.05, 3.63) is 0 Å². The predicted octanol–water partition coefficient (Wildman–Crippen LogP) is 3.57. The topological polar surface area (TPSA) is 142 Å². The number of methoxy groups -OCH3 is 1. The van der Waals surface area contributed by atoms with Crippen LogP contribution in [-0.4, -0.2) is 65.2 Å². The molecule has 0 aromatic carbocycles. The normalized spacial score (nSPS) is 41.9. The molecular weight excluding hydrogens is 532 g/mol. The molecule has 0 spiro atoms. The third-order valence-electron chi connectivity index (χ3n) is 12.1. The van der Waals surface area contributed by atoms with Crippen molar-refractivity contribution in [2.75, 3.05) is 13.7 Å². The Morgan fingerprint density at radius 2 is 1.75 bits per heavy atom. The number of nitrogens with one attached hydrogen (secondary N) is 1. The van der Waals surface area contributed by atoms with Crippen molar-refractivity contribution >= 4 is 24.3 Å². The van der Waals surface area contributed by atoms with E-state index in [2.05, 4.69) is 26.1 Å². The summed E-state index contributed by atoms with van der Waals surface area (Å²) < 4.78 is 4.89. The van der Waals surface area contributed by atoms with Crippen LogP contribution in [0.5, 0.6) is 0 Å². The van der Waals surface area contributed by atoms with Gasteiger partial charge in [0, 0.05) is 6.42 Å². The quantitative estimate of drug-likeness (QED) is 0.194. The fraction of sp³-hybridized carbons (Fsp3) is 0.935. The van der Waals surface area contributed by atoms with E-state index in [1.165, 1.54) is 7.11 Å². The number of ether oxygens (including phenoxy) is 1. The Labute approximate surface area is 247 Å². The summed E-state index contributed by atoms with van der Waals surface area (Å²) in [6.07, 6.45) is 8.01. The number of aliphatic hydroxyl groups excluding tert-OH is 3. The minimum Gasteiger partial charge on any atom is -0.467 e. The molecule has 4 rings (SSSR count). The van der Waals surface area contributed by atoms with Gasteiger partial charge in [-0.05, 0) is 124 Å². The van der Waals surface area contributed by atoms with E-state index in [9.17, 15) is 24.9 Å². The van der Waals surface area contributed by atoms with E-state index < -0.39 is 18.1 Å². The maximum absolute atomic E-state index is 12.8. The second kappa shape index (κ2) is 13.6. The van der Waals surface area contributed by atoms with E-state index >= 15 is 0 Å². The Morgan fingerprint density at radius 3 is 2.42 bits per heavy atom. The van der Waals surface area contributed by atoms with Gasteiger partial charge in [0.1, 0.15) is 6.04 Å². The number of hydrogen-bond acceptors (Lipinski definition) is 7. The van der Waals surface area contributed by atoms with Crippen LogP contribution < -0.4 is 11.1 Å². The van der Waals surface area contributed by atoms with Crippen molar-refractivity contribution in [2.24, 2.45) is 52.1 Å². The number of carbonyl (C=O) groups excluding carboxylic acids is 2. The van der Waals surface area contributed by atoms with Gasteiger partial charge < -0.3 is 31.1 Å². The summed E-state index contributed by atoms with van der Waals surface area (Å²) in [5.41, 5.74) is 5.35. The number of amides is 1. The molecule has 40 heavy (non-hydrogen) atoms. The Hall–Kier alpha value is -0.930. The lowest BCUT2D eigenvalue weighted by Gasteiger charge is -2.63. The molecule has 4 aliphatic carbocycles. The van der Waals surface area contributed by atoms with Crippen molar-refractivity contribution in [1.82, 2.24) is 5.32 Å². The van der Waals surface area contributed by atoms with Gasteiger partial charge in [0.05, 0.1) is 25.4 Å². The number of hydrogen-bond donors (Lipinski definition) is 5. The van der Waals surface area contributed by atoms with E-state index in [-0.39, 0.29) is 70.9 Å². The molecule has 9 heteroatoms. The standard InChI is InChI=1S/C31H54N2O6.ClH/c1-18(8-11-27(37)33-24(29(38)39-4)7-5-6-14-32)21-9-10-22-28-23(17-26(36)31(21,22)3)30(2)13-12-20(34)15-19(30)16-25(28)35;/h18-26,28,34-36H,5-17,32H2,1-4H3,(H,33,37);1H/t18-,19+,20-,21-,22+,23+,24+,25-,26+,28+,30+,31-;/m1./s1. The molecule has 0 aliphatic heterocycles. The molecule has 1 amide bonds. The zero-order valence-corrected chi connectivity index (χ0v) is 25.8. The van der Waals surface area contributed by atoms with Crippen molar-refractivity contribution in [3.63, 3.8) is 0 Å². The van der Waals surface area contributed by atoms with Gasteiger partial charge in [-0.3, -0.25) is 4.79 Å². The van der Waals surface area contributed by atoms with E-state index in [1.54, 1.807) is 0 Å². The van der Waals surface area contributed by atoms with Gasteiger partial charge in [-0.2, -0.15) is 0 Å². The molecule has 4 saturated carbocycles. The van der Waals surface area contributed by atoms with E-state index in [0.717, 1.165) is 51.4 Å². The van der Waals surface area contributed by atoms with Crippen LogP contribution in [0.4, 0.5) is 0 Å². The minimum atomic E-state index is -0.645. The average Bonchev–Trinajstić information content (AvgIpc) is 3.26. The number of fused-ring (bicyclic) bond motifs is 5. The number of nitrogens with two attached hydrogens (primary N) is 1. The highest BCUT2D eigenvalue weighted by Gasteiger charge is 2.65. The highest BCUT2D eigenvalue weighted by molar-refractivity contribution is 5.85. The van der Waals surface area contributed by atoms with Crippen molar-refractivity contribution < 1.29 is 29.6 Å². The Balaban J connectivity index is 0.00000441. The molecule has 8 nitrogen and oxygen atoms in total. The zero-order chi connectivity index (χ0) is 28.5. The van der Waals surface area contributed by atoms with Gasteiger partial charge in [0.2, 0.25) is 5.91 Å². The number of rotatable bonds is 10. The van der Waals surface area contributed by atoms with Crippen LogP contribution in [0.3, 0.4) is 0 Å². The van der Waals surface area contributed by atoms with Gasteiger partial charge in [0.25, 0.3) is 0 Å². The van der Waals surface area contributed by atoms with Crippen LogP contribution in [0.15, 0.2) is 0 Å². The summed E-state index contributed by atoms with van der Waals surface area (Å²) >= 11 is 0. The summed E-state index contributed by atoms with van der Waals surface area (Å²) in [4.78, 5) is 25.0. The third-order valence-corrected chi connectivity index (χ3v) is 12.1. The largest absolute Gasteiger partial charge is 0.467 e. The van der Waals surface area contributed by atoms with Crippen molar-refractivity contribution in [3.8, 4) is 0 Å². The highest BCUT2D eigenvalue weighted by atomic mass is 35.5. The molecule has 12 atom stereocenters. The summed E-state index contributed by atoms with van der Waals surface area (Å²) in [7, 11) is 1.34. The number of carbonyl (C=O) groups is 2. The summed E-state index contributed by atoms with van der Waals surface area (Å²) in [5.74, 6) is 0.985. The maximum Gasteiger partial charge on any atom is 0.328 e. The lowest BCUT2D eigenvalue weighted by atomic mass is 9.43. The van der Waals surface area contributed by atoms with Crippen LogP contribution in [-0.2, 0) is 14.3 Å². The summed E-state index contributed by atoms with van der Waals surface area (Å²) in [6, 6.07) is -0.645. The SMILES string of the molecule is COC(=O)[C@H](CCCCN)NC(=O)CC[C@@H](C)[C@H]1CC[C@H]2[C@@H]3[C@H](O)C[C@@H]4C[C@H](O)CC[C@]4(C)[C@H]3C[C@H](O)[C@]12C.Cl. The van der Waals surface area contributed by atoms with Gasteiger partial charge in [0.15, 0.2) is 0 Å². The van der Waals surface area contributed by atoms with Gasteiger partial charge in [-0.25, -0.2) is 4.79 Å². The fourth-order valence-corrected chi connectivity index (χ4v) is 9.84. The van der Waals surface area contributed by atoms with Crippen LogP contribution in [0.25, 0.3) is 0 Å². The number of unbranched alkanes of at least 4 members (excludes halogenated alkanes) is 1. The molecule has 0 aromatic heterocycles. The molecule has 0 aromatic rings. The van der Waals surface area contributed by atoms with Crippen molar-refractivity contribution in [1.29, 1.82) is 0 Å². The van der Waals surface area contributed by atoms with Crippen LogP contribution >= 0.6 is 12.4 Å². The molecular formula is C31H55ClN2O6. The Kier molecular flexibility index (Phi) is 11.4. The number of aliphatic hydroxyl groups is 3. The van der Waals surface area contributed by atoms with E-state index in [0.29, 0.717) is 38.1 Å². The minimum absolute atomic E-state index is 0. The lowest BCUT2D eigenvalue weighted by molar-refractivity contribution is -0.207. The predicted molar refractivity (Wildman–Crippen MR) is 157 cm³/mol. The first-order valence-corrected chi connectivity index (χ1v) is 15.6. The molecule has 4 aliphatic rings. The van der Waals surface area contributed by atoms with Gasteiger partial charge >= 0.3 is 5.97 Å².